The lowest BCUT2D eigenvalue weighted by atomic mass is 9.89. The molecular weight excluding hydrogens is 517 g/mol. The van der Waals surface area contributed by atoms with Gasteiger partial charge in [-0.2, -0.15) is 0 Å². The molecule has 0 spiro atoms. The number of piperidine rings is 2. The smallest absolute Gasteiger partial charge is 0.256 e. The number of nitrogens with zero attached hydrogens (tertiary/aromatic N) is 5. The summed E-state index contributed by atoms with van der Waals surface area (Å²) >= 11 is 0. The van der Waals surface area contributed by atoms with Gasteiger partial charge in [-0.25, -0.2) is 4.39 Å². The summed E-state index contributed by atoms with van der Waals surface area (Å²) in [5, 5.41) is 1.17. The lowest BCUT2D eigenvalue weighted by Gasteiger charge is -2.38. The Bertz CT molecular complexity index is 1410. The van der Waals surface area contributed by atoms with Crippen molar-refractivity contribution >= 4 is 22.7 Å². The van der Waals surface area contributed by atoms with Gasteiger partial charge >= 0.3 is 0 Å². The number of hydrogen-bond donors (Lipinski definition) is 0. The molecule has 0 unspecified atom stereocenters. The molecule has 1 atom stereocenters. The largest absolute Gasteiger partial charge is 0.343 e. The van der Waals surface area contributed by atoms with Crippen LogP contribution in [0.2, 0.25) is 0 Å². The van der Waals surface area contributed by atoms with E-state index < -0.39 is 5.82 Å². The Morgan fingerprint density at radius 1 is 1.10 bits per heavy atom. The Balaban J connectivity index is 1.39. The number of hydrogen-bond acceptors (Lipinski definition) is 4. The summed E-state index contributed by atoms with van der Waals surface area (Å²) in [6.07, 6.45) is 11.4. The van der Waals surface area contributed by atoms with Gasteiger partial charge in [0.2, 0.25) is 5.91 Å². The Kier molecular flexibility index (Phi) is 8.78. The zero-order valence-corrected chi connectivity index (χ0v) is 25.2. The number of carbonyl (C=O) groups is 2. The van der Waals surface area contributed by atoms with Crippen LogP contribution in [0.3, 0.4) is 0 Å². The fraction of sp³-hybridized carbons (Fsp3) is 0.545. The van der Waals surface area contributed by atoms with Crippen molar-refractivity contribution in [3.8, 4) is 5.69 Å². The van der Waals surface area contributed by atoms with E-state index in [1.807, 2.05) is 35.7 Å². The van der Waals surface area contributed by atoms with Gasteiger partial charge in [0.1, 0.15) is 5.82 Å². The highest BCUT2D eigenvalue weighted by molar-refractivity contribution is 5.99. The summed E-state index contributed by atoms with van der Waals surface area (Å²) in [6.45, 7) is 12.7. The van der Waals surface area contributed by atoms with Gasteiger partial charge in [0.15, 0.2) is 0 Å². The molecular formula is C33H44FN5O2. The second-order valence-electron chi connectivity index (χ2n) is 12.5. The van der Waals surface area contributed by atoms with E-state index in [4.69, 9.17) is 0 Å². The average molecular weight is 562 g/mol. The number of pyridine rings is 1. The highest BCUT2D eigenvalue weighted by atomic mass is 19.1. The quantitative estimate of drug-likeness (QED) is 0.384. The summed E-state index contributed by atoms with van der Waals surface area (Å²) in [6, 6.07) is 4.49. The van der Waals surface area contributed by atoms with E-state index in [-0.39, 0.29) is 17.9 Å². The number of rotatable bonds is 7. The molecule has 4 heterocycles. The molecule has 1 aromatic carbocycles. The van der Waals surface area contributed by atoms with Crippen molar-refractivity contribution in [2.75, 3.05) is 39.8 Å². The molecule has 0 bridgehead atoms. The van der Waals surface area contributed by atoms with Crippen LogP contribution in [0.4, 0.5) is 4.39 Å². The molecule has 3 aromatic rings. The standard InChI is InChI=1S/C33H44FN5O2/c1-22(2)36(5)33(41)29-16-28(34)8-9-30(29)39-21-27(32-23(3)17-35-18-31(32)39)15-26-7-6-12-37(20-26)19-25-10-13-38(14-11-25)24(4)40/h8-9,16-18,21-22,25-26H,6-7,10-15,19-20H2,1-5H3/t26-/m1/s1. The predicted molar refractivity (Wildman–Crippen MR) is 161 cm³/mol. The van der Waals surface area contributed by atoms with Crippen molar-refractivity contribution in [1.29, 1.82) is 0 Å². The van der Waals surface area contributed by atoms with E-state index in [1.165, 1.54) is 35.9 Å². The summed E-state index contributed by atoms with van der Waals surface area (Å²) in [5.74, 6) is 0.757. The minimum Gasteiger partial charge on any atom is -0.343 e. The molecule has 0 aliphatic carbocycles. The minimum absolute atomic E-state index is 0.00424. The Morgan fingerprint density at radius 3 is 2.56 bits per heavy atom. The van der Waals surface area contributed by atoms with Crippen LogP contribution in [-0.2, 0) is 11.2 Å². The third-order valence-electron chi connectivity index (χ3n) is 9.21. The average Bonchev–Trinajstić information content (AvgIpc) is 3.31. The van der Waals surface area contributed by atoms with Crippen molar-refractivity contribution in [2.45, 2.75) is 65.8 Å². The van der Waals surface area contributed by atoms with Gasteiger partial charge in [-0.1, -0.05) is 0 Å². The number of aromatic nitrogens is 2. The molecule has 7 nitrogen and oxygen atoms in total. The lowest BCUT2D eigenvalue weighted by molar-refractivity contribution is -0.130. The van der Waals surface area contributed by atoms with Gasteiger partial charge in [-0.05, 0) is 101 Å². The number of fused-ring (bicyclic) bond motifs is 1. The SMILES string of the molecule is CC(=O)N1CCC(CN2CCC[C@H](Cc3cn(-c4ccc(F)cc4C(=O)N(C)C(C)C)c4cncc(C)c34)C2)CC1. The third-order valence-corrected chi connectivity index (χ3v) is 9.21. The van der Waals surface area contributed by atoms with E-state index >= 15 is 0 Å². The van der Waals surface area contributed by atoms with Crippen LogP contribution in [0.1, 0.15) is 67.9 Å². The number of likely N-dealkylation sites (tertiary alicyclic amines) is 2. The number of aryl methyl sites for hydroxylation is 1. The molecule has 220 valence electrons. The van der Waals surface area contributed by atoms with Crippen molar-refractivity contribution in [3.05, 3.63) is 59.3 Å². The first-order chi connectivity index (χ1) is 19.6. The molecule has 2 aliphatic rings. The van der Waals surface area contributed by atoms with E-state index in [0.29, 0.717) is 23.1 Å². The summed E-state index contributed by atoms with van der Waals surface area (Å²) in [5.41, 5.74) is 4.33. The predicted octanol–water partition coefficient (Wildman–Crippen LogP) is 5.47. The molecule has 2 aliphatic heterocycles. The van der Waals surface area contributed by atoms with Crippen LogP contribution in [0, 0.1) is 24.6 Å². The fourth-order valence-electron chi connectivity index (χ4n) is 6.70. The van der Waals surface area contributed by atoms with Crippen LogP contribution in [0.25, 0.3) is 16.6 Å². The molecule has 8 heteroatoms. The zero-order chi connectivity index (χ0) is 29.3. The fourth-order valence-corrected chi connectivity index (χ4v) is 6.70. The number of carbonyl (C=O) groups excluding carboxylic acids is 2. The summed E-state index contributed by atoms with van der Waals surface area (Å²) in [7, 11) is 1.76. The summed E-state index contributed by atoms with van der Waals surface area (Å²) in [4.78, 5) is 35.9. The molecule has 0 radical (unpaired) electrons. The molecule has 41 heavy (non-hydrogen) atoms. The zero-order valence-electron chi connectivity index (χ0n) is 25.2. The summed E-state index contributed by atoms with van der Waals surface area (Å²) < 4.78 is 16.5. The Hall–Kier alpha value is -3.26. The topological polar surface area (TPSA) is 61.7 Å². The van der Waals surface area contributed by atoms with E-state index in [9.17, 15) is 14.0 Å². The van der Waals surface area contributed by atoms with E-state index in [2.05, 4.69) is 23.0 Å². The van der Waals surface area contributed by atoms with E-state index in [0.717, 1.165) is 63.1 Å². The number of amides is 2. The van der Waals surface area contributed by atoms with Gasteiger partial charge in [-0.3, -0.25) is 14.6 Å². The van der Waals surface area contributed by atoms with Gasteiger partial charge in [-0.15, -0.1) is 0 Å². The minimum atomic E-state index is -0.422. The van der Waals surface area contributed by atoms with Crippen LogP contribution < -0.4 is 0 Å². The van der Waals surface area contributed by atoms with Crippen LogP contribution in [0.5, 0.6) is 0 Å². The van der Waals surface area contributed by atoms with Crippen molar-refractivity contribution in [2.24, 2.45) is 11.8 Å². The highest BCUT2D eigenvalue weighted by Crippen LogP contribution is 2.33. The van der Waals surface area contributed by atoms with Crippen LogP contribution in [0.15, 0.2) is 36.8 Å². The first-order valence-electron chi connectivity index (χ1n) is 15.1. The van der Waals surface area contributed by atoms with Gasteiger partial charge in [0, 0.05) is 64.0 Å². The van der Waals surface area contributed by atoms with Gasteiger partial charge < -0.3 is 19.3 Å². The van der Waals surface area contributed by atoms with Crippen molar-refractivity contribution < 1.29 is 14.0 Å². The van der Waals surface area contributed by atoms with Crippen LogP contribution >= 0.6 is 0 Å². The van der Waals surface area contributed by atoms with Gasteiger partial charge in [0.05, 0.1) is 23.0 Å². The lowest BCUT2D eigenvalue weighted by Crippen LogP contribution is -2.43. The monoisotopic (exact) mass is 561 g/mol. The maximum absolute atomic E-state index is 14.4. The number of halogens is 1. The van der Waals surface area contributed by atoms with Gasteiger partial charge in [0.25, 0.3) is 5.91 Å². The molecule has 2 fully saturated rings. The number of benzene rings is 1. The Morgan fingerprint density at radius 2 is 1.85 bits per heavy atom. The molecule has 0 saturated carbocycles. The Labute approximate surface area is 243 Å². The maximum atomic E-state index is 14.4. The maximum Gasteiger partial charge on any atom is 0.256 e. The van der Waals surface area contributed by atoms with E-state index in [1.54, 1.807) is 24.9 Å². The second kappa shape index (κ2) is 12.3. The second-order valence-corrected chi connectivity index (χ2v) is 12.5. The molecule has 2 saturated heterocycles. The highest BCUT2D eigenvalue weighted by Gasteiger charge is 2.28. The normalized spacial score (nSPS) is 18.8. The molecule has 0 N–H and O–H groups in total. The van der Waals surface area contributed by atoms with Crippen molar-refractivity contribution in [1.82, 2.24) is 24.3 Å². The third kappa shape index (κ3) is 6.32. The molecule has 2 amide bonds. The molecule has 2 aromatic heterocycles. The van der Waals surface area contributed by atoms with Crippen LogP contribution in [-0.4, -0.2) is 81.9 Å². The first-order valence-corrected chi connectivity index (χ1v) is 15.1. The van der Waals surface area contributed by atoms with Crippen molar-refractivity contribution in [3.63, 3.8) is 0 Å². The molecule has 5 rings (SSSR count). The first kappa shape index (κ1) is 29.2.